The molecule has 1 aliphatic rings. The second-order valence-electron chi connectivity index (χ2n) is 9.09. The molecule has 0 aromatic heterocycles. The van der Waals surface area contributed by atoms with E-state index in [4.69, 9.17) is 34.8 Å². The third-order valence-electron chi connectivity index (χ3n) is 6.38. The number of amides is 2. The molecule has 11 heteroatoms. The van der Waals surface area contributed by atoms with Crippen LogP contribution in [0.3, 0.4) is 0 Å². The zero-order chi connectivity index (χ0) is 26.6. The molecule has 0 spiro atoms. The summed E-state index contributed by atoms with van der Waals surface area (Å²) in [5.41, 5.74) is 1.39. The van der Waals surface area contributed by atoms with Gasteiger partial charge in [0.1, 0.15) is 12.6 Å². The number of rotatable bonds is 9. The fourth-order valence-electron chi connectivity index (χ4n) is 4.27. The molecule has 0 aliphatic heterocycles. The Morgan fingerprint density at radius 1 is 1.08 bits per heavy atom. The first-order valence-electron chi connectivity index (χ1n) is 11.6. The Labute approximate surface area is 227 Å². The van der Waals surface area contributed by atoms with Crippen LogP contribution in [-0.4, -0.2) is 50.0 Å². The lowest BCUT2D eigenvalue weighted by molar-refractivity contribution is -0.139. The van der Waals surface area contributed by atoms with Gasteiger partial charge in [-0.2, -0.15) is 0 Å². The van der Waals surface area contributed by atoms with E-state index in [2.05, 4.69) is 5.32 Å². The number of nitrogens with one attached hydrogen (secondary N) is 1. The van der Waals surface area contributed by atoms with E-state index in [1.807, 2.05) is 0 Å². The Hall–Kier alpha value is -2.00. The summed E-state index contributed by atoms with van der Waals surface area (Å²) in [5, 5.41) is 4.03. The molecule has 0 bridgehead atoms. The lowest BCUT2D eigenvalue weighted by Gasteiger charge is -2.32. The Morgan fingerprint density at radius 3 is 2.28 bits per heavy atom. The molecule has 0 heterocycles. The van der Waals surface area contributed by atoms with E-state index in [0.717, 1.165) is 36.2 Å². The molecule has 196 valence electrons. The summed E-state index contributed by atoms with van der Waals surface area (Å²) >= 11 is 18.9. The lowest BCUT2D eigenvalue weighted by atomic mass is 10.1. The zero-order valence-electron chi connectivity index (χ0n) is 20.4. The van der Waals surface area contributed by atoms with E-state index >= 15 is 0 Å². The quantitative estimate of drug-likeness (QED) is 0.446. The van der Waals surface area contributed by atoms with Gasteiger partial charge in [-0.3, -0.25) is 13.9 Å². The van der Waals surface area contributed by atoms with Crippen molar-refractivity contribution in [2.75, 3.05) is 17.1 Å². The number of hydrogen-bond acceptors (Lipinski definition) is 4. The fraction of sp³-hybridized carbons (Fsp3) is 0.440. The van der Waals surface area contributed by atoms with Gasteiger partial charge < -0.3 is 10.2 Å². The van der Waals surface area contributed by atoms with Crippen molar-refractivity contribution in [2.45, 2.75) is 58.2 Å². The van der Waals surface area contributed by atoms with Crippen molar-refractivity contribution in [2.24, 2.45) is 0 Å². The molecular formula is C25H30Cl3N3O4S. The molecule has 1 fully saturated rings. The number of anilines is 1. The monoisotopic (exact) mass is 573 g/mol. The standard InChI is InChI=1S/C25H30Cl3N3O4S/c1-16-11-12-18(26)13-23(16)31(36(3,34)35)15-24(32)30(14-20-21(27)9-6-10-22(20)28)17(2)25(33)29-19-7-4-5-8-19/h6,9-13,17,19H,4-5,7-8,14-15H2,1-3H3,(H,29,33)/t17-/m1/s1. The van der Waals surface area contributed by atoms with Gasteiger partial charge in [0.25, 0.3) is 0 Å². The molecule has 0 unspecified atom stereocenters. The lowest BCUT2D eigenvalue weighted by Crippen LogP contribution is -2.52. The smallest absolute Gasteiger partial charge is 0.244 e. The Bertz CT molecular complexity index is 1210. The summed E-state index contributed by atoms with van der Waals surface area (Å²) in [6.45, 7) is 2.75. The van der Waals surface area contributed by atoms with Crippen molar-refractivity contribution in [3.05, 3.63) is 62.6 Å². The maximum Gasteiger partial charge on any atom is 0.244 e. The van der Waals surface area contributed by atoms with Crippen molar-refractivity contribution >= 4 is 62.3 Å². The summed E-state index contributed by atoms with van der Waals surface area (Å²) < 4.78 is 26.5. The number of sulfonamides is 1. The first-order chi connectivity index (χ1) is 16.9. The van der Waals surface area contributed by atoms with Gasteiger partial charge in [0.05, 0.1) is 11.9 Å². The van der Waals surface area contributed by atoms with Gasteiger partial charge in [-0.05, 0) is 56.5 Å². The van der Waals surface area contributed by atoms with Crippen LogP contribution in [0.5, 0.6) is 0 Å². The number of carbonyl (C=O) groups excluding carboxylic acids is 2. The molecule has 0 radical (unpaired) electrons. The van der Waals surface area contributed by atoms with E-state index in [0.29, 0.717) is 26.2 Å². The predicted octanol–water partition coefficient (Wildman–Crippen LogP) is 5.20. The number of benzene rings is 2. The maximum atomic E-state index is 13.7. The second kappa shape index (κ2) is 12.0. The van der Waals surface area contributed by atoms with Crippen molar-refractivity contribution in [1.82, 2.24) is 10.2 Å². The average Bonchev–Trinajstić information content (AvgIpc) is 3.31. The number of nitrogens with zero attached hydrogens (tertiary/aromatic N) is 2. The molecular weight excluding hydrogens is 545 g/mol. The molecule has 2 aromatic rings. The van der Waals surface area contributed by atoms with Crippen molar-refractivity contribution in [1.29, 1.82) is 0 Å². The van der Waals surface area contributed by atoms with Gasteiger partial charge in [-0.15, -0.1) is 0 Å². The molecule has 1 N–H and O–H groups in total. The van der Waals surface area contributed by atoms with Crippen molar-refractivity contribution in [3.8, 4) is 0 Å². The van der Waals surface area contributed by atoms with E-state index < -0.39 is 28.5 Å². The predicted molar refractivity (Wildman–Crippen MR) is 145 cm³/mol. The van der Waals surface area contributed by atoms with Gasteiger partial charge in [0, 0.05) is 33.2 Å². The number of carbonyl (C=O) groups is 2. The van der Waals surface area contributed by atoms with Crippen LogP contribution in [0, 0.1) is 6.92 Å². The van der Waals surface area contributed by atoms with Gasteiger partial charge in [0.15, 0.2) is 0 Å². The van der Waals surface area contributed by atoms with E-state index in [1.165, 1.54) is 11.0 Å². The van der Waals surface area contributed by atoms with E-state index in [-0.39, 0.29) is 24.2 Å². The zero-order valence-corrected chi connectivity index (χ0v) is 23.5. The third-order valence-corrected chi connectivity index (χ3v) is 8.45. The van der Waals surface area contributed by atoms with Crippen molar-refractivity contribution in [3.63, 3.8) is 0 Å². The highest BCUT2D eigenvalue weighted by Gasteiger charge is 2.32. The molecule has 1 aliphatic carbocycles. The van der Waals surface area contributed by atoms with Gasteiger partial charge in [0.2, 0.25) is 21.8 Å². The van der Waals surface area contributed by atoms with Crippen LogP contribution in [0.2, 0.25) is 15.1 Å². The highest BCUT2D eigenvalue weighted by Crippen LogP contribution is 2.29. The maximum absolute atomic E-state index is 13.7. The Balaban J connectivity index is 1.96. The molecule has 2 amide bonds. The van der Waals surface area contributed by atoms with Crippen LogP contribution in [0.4, 0.5) is 5.69 Å². The highest BCUT2D eigenvalue weighted by molar-refractivity contribution is 7.92. The average molecular weight is 575 g/mol. The molecule has 1 saturated carbocycles. The van der Waals surface area contributed by atoms with Crippen LogP contribution < -0.4 is 9.62 Å². The summed E-state index contributed by atoms with van der Waals surface area (Å²) in [7, 11) is -3.87. The summed E-state index contributed by atoms with van der Waals surface area (Å²) in [5.74, 6) is -0.895. The molecule has 7 nitrogen and oxygen atoms in total. The number of halogens is 3. The van der Waals surface area contributed by atoms with E-state index in [1.54, 1.807) is 44.2 Å². The van der Waals surface area contributed by atoms with Gasteiger partial charge >= 0.3 is 0 Å². The minimum Gasteiger partial charge on any atom is -0.352 e. The normalized spacial score (nSPS) is 14.9. The fourth-order valence-corrected chi connectivity index (χ4v) is 5.86. The molecule has 1 atom stereocenters. The van der Waals surface area contributed by atoms with E-state index in [9.17, 15) is 18.0 Å². The summed E-state index contributed by atoms with van der Waals surface area (Å²) in [4.78, 5) is 28.2. The first-order valence-corrected chi connectivity index (χ1v) is 14.6. The SMILES string of the molecule is Cc1ccc(Cl)cc1N(CC(=O)N(Cc1c(Cl)cccc1Cl)[C@H](C)C(=O)NC1CCCC1)S(C)(=O)=O. The Morgan fingerprint density at radius 2 is 1.69 bits per heavy atom. The summed E-state index contributed by atoms with van der Waals surface area (Å²) in [6, 6.07) is 8.96. The van der Waals surface area contributed by atoms with Gasteiger partial charge in [-0.1, -0.05) is 59.8 Å². The molecule has 3 rings (SSSR count). The largest absolute Gasteiger partial charge is 0.352 e. The number of hydrogen-bond donors (Lipinski definition) is 1. The van der Waals surface area contributed by atoms with Gasteiger partial charge in [-0.25, -0.2) is 8.42 Å². The first kappa shape index (κ1) is 28.6. The number of aryl methyl sites for hydroxylation is 1. The van der Waals surface area contributed by atoms with Crippen LogP contribution in [-0.2, 0) is 26.2 Å². The van der Waals surface area contributed by atoms with Crippen LogP contribution in [0.25, 0.3) is 0 Å². The minimum atomic E-state index is -3.87. The van der Waals surface area contributed by atoms with Crippen molar-refractivity contribution < 1.29 is 18.0 Å². The van der Waals surface area contributed by atoms with Crippen LogP contribution >= 0.6 is 34.8 Å². The second-order valence-corrected chi connectivity index (χ2v) is 12.2. The third kappa shape index (κ3) is 7.06. The highest BCUT2D eigenvalue weighted by atomic mass is 35.5. The minimum absolute atomic E-state index is 0.0578. The van der Waals surface area contributed by atoms with Crippen LogP contribution in [0.1, 0.15) is 43.7 Å². The topological polar surface area (TPSA) is 86.8 Å². The molecule has 0 saturated heterocycles. The van der Waals surface area contributed by atoms with Crippen LogP contribution in [0.15, 0.2) is 36.4 Å². The summed E-state index contributed by atoms with van der Waals surface area (Å²) in [6.07, 6.45) is 4.88. The molecule has 36 heavy (non-hydrogen) atoms. The molecule has 2 aromatic carbocycles. The Kier molecular flexibility index (Phi) is 9.55.